The van der Waals surface area contributed by atoms with E-state index in [1.54, 1.807) is 0 Å². The average molecular weight is 140 g/mol. The fourth-order valence-electron chi connectivity index (χ4n) is 0. The van der Waals surface area contributed by atoms with Gasteiger partial charge in [0.25, 0.3) is 0 Å². The van der Waals surface area contributed by atoms with Gasteiger partial charge in [0.1, 0.15) is 0 Å². The number of rotatable bonds is 1. The predicted octanol–water partition coefficient (Wildman–Crippen LogP) is 0.234. The van der Waals surface area contributed by atoms with Gasteiger partial charge in [0.15, 0.2) is 0 Å². The Morgan fingerprint density at radius 3 is 2.00 bits per heavy atom. The predicted molar refractivity (Wildman–Crippen MR) is 35.3 cm³/mol. The summed E-state index contributed by atoms with van der Waals surface area (Å²) >= 11 is 1.32. The first-order valence-electron chi connectivity index (χ1n) is 2.11. The molecule has 0 aliphatic heterocycles. The van der Waals surface area contributed by atoms with Crippen LogP contribution in [0.5, 0.6) is 0 Å². The summed E-state index contributed by atoms with van der Waals surface area (Å²) in [6, 6.07) is 0. The van der Waals surface area contributed by atoms with Gasteiger partial charge in [-0.25, -0.2) is 4.79 Å². The molecule has 3 heteroatoms. The van der Waals surface area contributed by atoms with E-state index in [2.05, 4.69) is 15.6 Å². The Kier molecular flexibility index (Phi) is 14.5. The Labute approximate surface area is 72.3 Å². The minimum atomic E-state index is -0.981. The van der Waals surface area contributed by atoms with Gasteiger partial charge in [0.2, 0.25) is 0 Å². The van der Waals surface area contributed by atoms with Gasteiger partial charge in [-0.3, -0.25) is 0 Å². The van der Waals surface area contributed by atoms with Crippen LogP contribution in [0, 0.1) is 0 Å². The molecule has 0 saturated carbocycles. The van der Waals surface area contributed by atoms with Crippen LogP contribution in [0.1, 0.15) is 6.92 Å². The Morgan fingerprint density at radius 2 is 2.00 bits per heavy atom. The fraction of sp³-hybridized carbons (Fsp3) is 0.200. The molecule has 0 amide bonds. The molecule has 0 bridgehead atoms. The monoisotopic (exact) mass is 140 g/mol. The first-order chi connectivity index (χ1) is 3.68. The summed E-state index contributed by atoms with van der Waals surface area (Å²) in [7, 11) is 0. The normalized spacial score (nSPS) is 5.88. The van der Waals surface area contributed by atoms with Crippen molar-refractivity contribution >= 4 is 43.3 Å². The van der Waals surface area contributed by atoms with Crippen LogP contribution in [0.2, 0.25) is 0 Å². The standard InChI is InChI=1S/C3H4O2.C2H4.Ca/c1-2-3(4)5;1-2;/h2H,1H2,(H,4,5);1H,2H3;. The third kappa shape index (κ3) is 33.0. The molecule has 2 nitrogen and oxygen atoms in total. The van der Waals surface area contributed by atoms with Gasteiger partial charge in [-0.15, -0.1) is 0 Å². The van der Waals surface area contributed by atoms with Crippen molar-refractivity contribution < 1.29 is 9.90 Å². The van der Waals surface area contributed by atoms with Crippen molar-refractivity contribution in [1.82, 2.24) is 0 Å². The molecule has 0 aliphatic rings. The van der Waals surface area contributed by atoms with Crippen LogP contribution >= 0.6 is 0 Å². The van der Waals surface area contributed by atoms with Crippen LogP contribution in [0.15, 0.2) is 12.7 Å². The second-order valence-electron chi connectivity index (χ2n) is 0.951. The quantitative estimate of drug-likeness (QED) is 0.418. The van der Waals surface area contributed by atoms with E-state index in [1.165, 1.54) is 35.3 Å². The Balaban J connectivity index is 0. The van der Waals surface area contributed by atoms with E-state index >= 15 is 0 Å². The third-order valence-corrected chi connectivity index (χ3v) is 0.175. The maximum absolute atomic E-state index is 9.25. The summed E-state index contributed by atoms with van der Waals surface area (Å²) < 4.78 is 2.12. The molecular formula is C5H8CaO2. The molecule has 8 heavy (non-hydrogen) atoms. The molecule has 1 N–H and O–H groups in total. The van der Waals surface area contributed by atoms with E-state index in [0.29, 0.717) is 0 Å². The molecule has 0 saturated heterocycles. The minimum absolute atomic E-state index is 0.833. The summed E-state index contributed by atoms with van der Waals surface area (Å²) in [5, 5.41) is 7.60. The van der Waals surface area contributed by atoms with E-state index in [0.717, 1.165) is 6.08 Å². The van der Waals surface area contributed by atoms with E-state index in [-0.39, 0.29) is 0 Å². The zero-order chi connectivity index (χ0) is 6.99. The number of carboxylic acid groups (broad SMARTS) is 1. The summed E-state index contributed by atoms with van der Waals surface area (Å²) in [6.07, 6.45) is 0.833. The van der Waals surface area contributed by atoms with Crippen molar-refractivity contribution in [3.63, 3.8) is 0 Å². The number of hydrogen-bond acceptors (Lipinski definition) is 1. The number of aliphatic carboxylic acids is 1. The zero-order valence-electron chi connectivity index (χ0n) is 4.92. The second-order valence-corrected chi connectivity index (χ2v) is 2.23. The first-order valence-corrected chi connectivity index (χ1v) is 3.39. The summed E-state index contributed by atoms with van der Waals surface area (Å²) in [5.41, 5.74) is 0. The molecule has 0 aromatic rings. The van der Waals surface area contributed by atoms with Crippen LogP contribution in [0.3, 0.4) is 0 Å². The van der Waals surface area contributed by atoms with Crippen molar-refractivity contribution in [1.29, 1.82) is 0 Å². The molecule has 0 radical (unpaired) electrons. The van der Waals surface area contributed by atoms with Crippen LogP contribution in [-0.4, -0.2) is 48.4 Å². The van der Waals surface area contributed by atoms with E-state index < -0.39 is 5.97 Å². The van der Waals surface area contributed by atoms with Crippen LogP contribution in [0.25, 0.3) is 0 Å². The molecule has 0 rings (SSSR count). The molecule has 0 aromatic heterocycles. The van der Waals surface area contributed by atoms with Gasteiger partial charge >= 0.3 is 50.2 Å². The van der Waals surface area contributed by atoms with Crippen molar-refractivity contribution in [2.24, 2.45) is 0 Å². The molecule has 0 heterocycles. The molecule has 0 spiro atoms. The van der Waals surface area contributed by atoms with Gasteiger partial charge in [0, 0.05) is 6.08 Å². The molecule has 0 atom stereocenters. The van der Waals surface area contributed by atoms with Gasteiger partial charge in [-0.2, -0.15) is 0 Å². The van der Waals surface area contributed by atoms with Crippen LogP contribution in [-0.2, 0) is 4.79 Å². The zero-order valence-corrected chi connectivity index (χ0v) is 7.13. The fourth-order valence-corrected chi connectivity index (χ4v) is 0. The van der Waals surface area contributed by atoms with E-state index in [1.807, 2.05) is 0 Å². The Bertz CT molecular complexity index is 88.4. The van der Waals surface area contributed by atoms with Gasteiger partial charge in [-0.05, 0) is 0 Å². The Morgan fingerprint density at radius 1 is 1.88 bits per heavy atom. The first kappa shape index (κ1) is 11.2. The van der Waals surface area contributed by atoms with Crippen molar-refractivity contribution in [3.8, 4) is 0 Å². The second kappa shape index (κ2) is 10.3. The average Bonchev–Trinajstić information content (AvgIpc) is 1.69. The molecule has 0 unspecified atom stereocenters. The molecule has 42 valence electrons. The molecule has 0 aromatic carbocycles. The van der Waals surface area contributed by atoms with Gasteiger partial charge in [-0.1, -0.05) is 6.58 Å². The topological polar surface area (TPSA) is 37.3 Å². The maximum atomic E-state index is 9.25. The molecular weight excluding hydrogens is 132 g/mol. The summed E-state index contributed by atoms with van der Waals surface area (Å²) in [5.74, 6) is -0.981. The summed E-state index contributed by atoms with van der Waals surface area (Å²) in [6.45, 7) is 5.02. The number of carboxylic acids is 1. The number of carbonyl (C=O) groups is 1. The van der Waals surface area contributed by atoms with E-state index in [4.69, 9.17) is 5.11 Å². The SMILES string of the molecule is C=CC(=O)O.C[CH]=[Ca]. The molecule has 0 aliphatic carbocycles. The van der Waals surface area contributed by atoms with Crippen LogP contribution in [0.4, 0.5) is 0 Å². The van der Waals surface area contributed by atoms with Crippen molar-refractivity contribution in [2.45, 2.75) is 6.92 Å². The van der Waals surface area contributed by atoms with Crippen molar-refractivity contribution in [2.75, 3.05) is 0 Å². The molecule has 0 fully saturated rings. The van der Waals surface area contributed by atoms with Gasteiger partial charge < -0.3 is 5.11 Å². The van der Waals surface area contributed by atoms with Crippen LogP contribution < -0.4 is 0 Å². The van der Waals surface area contributed by atoms with Gasteiger partial charge in [0.05, 0.1) is 0 Å². The summed E-state index contributed by atoms with van der Waals surface area (Å²) in [4.78, 5) is 9.25. The van der Waals surface area contributed by atoms with E-state index in [9.17, 15) is 4.79 Å². The number of hydrogen-bond donors (Lipinski definition) is 1. The Hall–Kier alpha value is 0.340. The third-order valence-electron chi connectivity index (χ3n) is 0.175. The van der Waals surface area contributed by atoms with Crippen molar-refractivity contribution in [3.05, 3.63) is 12.7 Å².